The zero-order chi connectivity index (χ0) is 22.9. The van der Waals surface area contributed by atoms with E-state index in [1.54, 1.807) is 35.5 Å². The molecule has 2 aliphatic rings. The Bertz CT molecular complexity index is 1040. The van der Waals surface area contributed by atoms with E-state index in [4.69, 9.17) is 4.74 Å². The molecule has 2 heterocycles. The van der Waals surface area contributed by atoms with Crippen LogP contribution in [0.25, 0.3) is 0 Å². The summed E-state index contributed by atoms with van der Waals surface area (Å²) in [5.41, 5.74) is 0.328. The highest BCUT2D eigenvalue weighted by atomic mass is 32.2. The lowest BCUT2D eigenvalue weighted by atomic mass is 9.74. The lowest BCUT2D eigenvalue weighted by molar-refractivity contribution is -0.147. The first kappa shape index (κ1) is 22.6. The van der Waals surface area contributed by atoms with Gasteiger partial charge in [-0.3, -0.25) is 14.4 Å². The van der Waals surface area contributed by atoms with Crippen LogP contribution >= 0.6 is 11.9 Å². The summed E-state index contributed by atoms with van der Waals surface area (Å²) in [5.74, 6) is -2.46. The van der Waals surface area contributed by atoms with E-state index >= 15 is 4.39 Å². The average molecular weight is 458 g/mol. The monoisotopic (exact) mass is 457 g/mol. The molecule has 0 saturated carbocycles. The van der Waals surface area contributed by atoms with Gasteiger partial charge in [0.15, 0.2) is 0 Å². The molecule has 0 radical (unpaired) electrons. The molecule has 2 aliphatic heterocycles. The SMILES string of the molecule is CC1C(=O)C(=O)C(c2ccccc2)SN1Cc1ccc(C2(C(=O)O)CCOCC2)cc1F. The Morgan fingerprint density at radius 2 is 1.84 bits per heavy atom. The van der Waals surface area contributed by atoms with Crippen molar-refractivity contribution in [1.29, 1.82) is 0 Å². The third-order valence-corrected chi connectivity index (χ3v) is 7.74. The van der Waals surface area contributed by atoms with Crippen LogP contribution in [0.3, 0.4) is 0 Å². The van der Waals surface area contributed by atoms with Gasteiger partial charge in [-0.25, -0.2) is 8.70 Å². The molecule has 0 bridgehead atoms. The number of hydrogen-bond acceptors (Lipinski definition) is 6. The molecule has 168 valence electrons. The number of carbonyl (C=O) groups is 3. The third kappa shape index (κ3) is 4.10. The van der Waals surface area contributed by atoms with Crippen molar-refractivity contribution in [2.24, 2.45) is 0 Å². The maximum Gasteiger partial charge on any atom is 0.314 e. The highest BCUT2D eigenvalue weighted by molar-refractivity contribution is 7.98. The van der Waals surface area contributed by atoms with Gasteiger partial charge in [0, 0.05) is 25.3 Å². The Morgan fingerprint density at radius 3 is 2.47 bits per heavy atom. The Hall–Kier alpha value is -2.55. The number of ketones is 2. The molecule has 0 aromatic heterocycles. The van der Waals surface area contributed by atoms with Gasteiger partial charge in [-0.2, -0.15) is 0 Å². The van der Waals surface area contributed by atoms with Gasteiger partial charge in [0.2, 0.25) is 11.6 Å². The van der Waals surface area contributed by atoms with Gasteiger partial charge in [-0.05, 0) is 37.0 Å². The maximum atomic E-state index is 15.1. The number of carbonyl (C=O) groups excluding carboxylic acids is 2. The van der Waals surface area contributed by atoms with Crippen molar-refractivity contribution in [1.82, 2.24) is 4.31 Å². The van der Waals surface area contributed by atoms with E-state index in [0.717, 1.165) is 5.56 Å². The van der Waals surface area contributed by atoms with E-state index < -0.39 is 40.1 Å². The van der Waals surface area contributed by atoms with Crippen LogP contribution in [0.4, 0.5) is 4.39 Å². The number of rotatable bonds is 5. The number of halogens is 1. The van der Waals surface area contributed by atoms with E-state index in [2.05, 4.69) is 0 Å². The predicted molar refractivity (Wildman–Crippen MR) is 118 cm³/mol. The zero-order valence-electron chi connectivity index (χ0n) is 17.6. The van der Waals surface area contributed by atoms with E-state index in [9.17, 15) is 19.5 Å². The Balaban J connectivity index is 1.58. The molecule has 2 aromatic rings. The Labute approximate surface area is 189 Å². The van der Waals surface area contributed by atoms with Crippen LogP contribution < -0.4 is 0 Å². The number of carboxylic acids is 1. The minimum absolute atomic E-state index is 0.115. The summed E-state index contributed by atoms with van der Waals surface area (Å²) in [6, 6.07) is 12.9. The van der Waals surface area contributed by atoms with Gasteiger partial charge in [-0.15, -0.1) is 0 Å². The second-order valence-corrected chi connectivity index (χ2v) is 9.33. The molecule has 6 nitrogen and oxygen atoms in total. The van der Waals surface area contributed by atoms with E-state index in [0.29, 0.717) is 24.3 Å². The molecule has 1 N–H and O–H groups in total. The van der Waals surface area contributed by atoms with Crippen molar-refractivity contribution in [3.8, 4) is 0 Å². The summed E-state index contributed by atoms with van der Waals surface area (Å²) >= 11 is 1.23. The number of aliphatic carboxylic acids is 1. The molecule has 0 amide bonds. The fourth-order valence-electron chi connectivity index (χ4n) is 4.24. The van der Waals surface area contributed by atoms with Gasteiger partial charge in [-0.1, -0.05) is 54.4 Å². The van der Waals surface area contributed by atoms with Gasteiger partial charge < -0.3 is 9.84 Å². The number of Topliss-reactive ketones (excluding diaryl/α,β-unsaturated/α-hetero) is 2. The molecular formula is C24H24FNO5S. The van der Waals surface area contributed by atoms with Crippen molar-refractivity contribution in [2.45, 2.75) is 43.0 Å². The highest BCUT2D eigenvalue weighted by Crippen LogP contribution is 2.40. The minimum atomic E-state index is -1.16. The second-order valence-electron chi connectivity index (χ2n) is 8.18. The van der Waals surface area contributed by atoms with E-state index in [1.165, 1.54) is 18.0 Å². The fraction of sp³-hybridized carbons (Fsp3) is 0.375. The summed E-state index contributed by atoms with van der Waals surface area (Å²) in [6.07, 6.45) is 0.574. The molecule has 32 heavy (non-hydrogen) atoms. The quantitative estimate of drug-likeness (QED) is 0.542. The molecule has 2 saturated heterocycles. The van der Waals surface area contributed by atoms with E-state index in [-0.39, 0.29) is 19.4 Å². The van der Waals surface area contributed by atoms with Gasteiger partial charge in [0.25, 0.3) is 0 Å². The summed E-state index contributed by atoms with van der Waals surface area (Å²) < 4.78 is 22.1. The summed E-state index contributed by atoms with van der Waals surface area (Å²) in [6.45, 7) is 2.38. The van der Waals surface area contributed by atoms with Crippen LogP contribution in [-0.4, -0.2) is 46.2 Å². The molecule has 4 rings (SSSR count). The lowest BCUT2D eigenvalue weighted by Crippen LogP contribution is -2.45. The average Bonchev–Trinajstić information content (AvgIpc) is 2.81. The molecule has 2 unspecified atom stereocenters. The van der Waals surface area contributed by atoms with Crippen LogP contribution in [0.15, 0.2) is 48.5 Å². The first-order chi connectivity index (χ1) is 15.3. The molecule has 0 aliphatic carbocycles. The number of hydrogen-bond donors (Lipinski definition) is 1. The van der Waals surface area contributed by atoms with Crippen LogP contribution in [-0.2, 0) is 31.1 Å². The predicted octanol–water partition coefficient (Wildman–Crippen LogP) is 3.69. The van der Waals surface area contributed by atoms with Crippen molar-refractivity contribution in [2.75, 3.05) is 13.2 Å². The third-order valence-electron chi connectivity index (χ3n) is 6.32. The fourth-order valence-corrected chi connectivity index (χ4v) is 5.50. The first-order valence-electron chi connectivity index (χ1n) is 10.5. The minimum Gasteiger partial charge on any atom is -0.481 e. The first-order valence-corrected chi connectivity index (χ1v) is 11.3. The molecular weight excluding hydrogens is 433 g/mol. The highest BCUT2D eigenvalue weighted by Gasteiger charge is 2.43. The smallest absolute Gasteiger partial charge is 0.314 e. The number of benzene rings is 2. The normalized spacial score (nSPS) is 23.8. The Kier molecular flexibility index (Phi) is 6.46. The van der Waals surface area contributed by atoms with Crippen LogP contribution in [0.1, 0.15) is 41.7 Å². The molecule has 2 aromatic carbocycles. The van der Waals surface area contributed by atoms with Gasteiger partial charge >= 0.3 is 5.97 Å². The number of carboxylic acid groups (broad SMARTS) is 1. The molecule has 0 spiro atoms. The van der Waals surface area contributed by atoms with Crippen molar-refractivity contribution in [3.05, 3.63) is 71.0 Å². The number of ether oxygens (including phenoxy) is 1. The van der Waals surface area contributed by atoms with Gasteiger partial charge in [0.1, 0.15) is 11.1 Å². The lowest BCUT2D eigenvalue weighted by Gasteiger charge is -2.35. The Morgan fingerprint density at radius 1 is 1.16 bits per heavy atom. The molecule has 8 heteroatoms. The van der Waals surface area contributed by atoms with Crippen molar-refractivity contribution in [3.63, 3.8) is 0 Å². The van der Waals surface area contributed by atoms with Crippen LogP contribution in [0, 0.1) is 5.82 Å². The van der Waals surface area contributed by atoms with Gasteiger partial charge in [0.05, 0.1) is 11.5 Å². The maximum absolute atomic E-state index is 15.1. The number of nitrogens with zero attached hydrogens (tertiary/aromatic N) is 1. The van der Waals surface area contributed by atoms with E-state index in [1.807, 2.05) is 18.2 Å². The zero-order valence-corrected chi connectivity index (χ0v) is 18.4. The van der Waals surface area contributed by atoms with Crippen molar-refractivity contribution >= 4 is 29.5 Å². The summed E-state index contributed by atoms with van der Waals surface area (Å²) in [5, 5.41) is 9.16. The largest absolute Gasteiger partial charge is 0.481 e. The molecule has 2 fully saturated rings. The topological polar surface area (TPSA) is 83.9 Å². The molecule has 2 atom stereocenters. The second kappa shape index (κ2) is 9.13. The van der Waals surface area contributed by atoms with Crippen LogP contribution in [0.2, 0.25) is 0 Å². The summed E-state index contributed by atoms with van der Waals surface area (Å²) in [7, 11) is 0. The van der Waals surface area contributed by atoms with Crippen LogP contribution in [0.5, 0.6) is 0 Å². The van der Waals surface area contributed by atoms with Crippen molar-refractivity contribution < 1.29 is 28.6 Å². The summed E-state index contributed by atoms with van der Waals surface area (Å²) in [4.78, 5) is 37.2. The standard InChI is InChI=1S/C24H24FNO5S/c1-15-20(27)21(28)22(16-5-3-2-4-6-16)32-26(15)14-17-7-8-18(13-19(17)25)24(23(29)30)9-11-31-12-10-24/h2-8,13,15,22H,9-12,14H2,1H3,(H,29,30).